The van der Waals surface area contributed by atoms with Crippen LogP contribution in [-0.4, -0.2) is 37.2 Å². The van der Waals surface area contributed by atoms with Crippen molar-refractivity contribution < 1.29 is 23.9 Å². The van der Waals surface area contributed by atoms with Gasteiger partial charge in [-0.3, -0.25) is 14.9 Å². The van der Waals surface area contributed by atoms with Crippen molar-refractivity contribution in [3.05, 3.63) is 46.5 Å². The van der Waals surface area contributed by atoms with Gasteiger partial charge < -0.3 is 24.8 Å². The molecule has 0 aliphatic carbocycles. The van der Waals surface area contributed by atoms with Crippen molar-refractivity contribution in [2.24, 2.45) is 0 Å². The molecule has 0 saturated carbocycles. The van der Waals surface area contributed by atoms with Crippen molar-refractivity contribution in [2.75, 3.05) is 31.0 Å². The molecule has 2 aromatic rings. The number of carbonyl (C=O) groups excluding carboxylic acids is 1. The number of nitrogens with one attached hydrogen (secondary N) is 2. The maximum atomic E-state index is 12.5. The SMILES string of the molecule is COc1ccc([N+](=O)[O-])cc1NC(=O)[C@H](C)Nc1ccc2c(c1)OCCO2. The molecule has 142 valence electrons. The van der Waals surface area contributed by atoms with E-state index in [0.717, 1.165) is 0 Å². The monoisotopic (exact) mass is 373 g/mol. The van der Waals surface area contributed by atoms with Crippen molar-refractivity contribution in [3.63, 3.8) is 0 Å². The Kier molecular flexibility index (Phi) is 5.30. The number of nitro benzene ring substituents is 1. The fourth-order valence-corrected chi connectivity index (χ4v) is 2.60. The average Bonchev–Trinajstić information content (AvgIpc) is 2.67. The highest BCUT2D eigenvalue weighted by atomic mass is 16.6. The van der Waals surface area contributed by atoms with Crippen molar-refractivity contribution >= 4 is 23.0 Å². The molecule has 2 aromatic carbocycles. The van der Waals surface area contributed by atoms with Gasteiger partial charge in [0.15, 0.2) is 11.5 Å². The van der Waals surface area contributed by atoms with Gasteiger partial charge in [0.05, 0.1) is 17.7 Å². The maximum absolute atomic E-state index is 12.5. The Hall–Kier alpha value is -3.49. The van der Waals surface area contributed by atoms with E-state index in [9.17, 15) is 14.9 Å². The molecule has 1 aliphatic rings. The quantitative estimate of drug-likeness (QED) is 0.591. The zero-order chi connectivity index (χ0) is 19.4. The number of rotatable bonds is 6. The fourth-order valence-electron chi connectivity index (χ4n) is 2.60. The smallest absolute Gasteiger partial charge is 0.271 e. The number of carbonyl (C=O) groups is 1. The summed E-state index contributed by atoms with van der Waals surface area (Å²) < 4.78 is 16.1. The predicted molar refractivity (Wildman–Crippen MR) is 98.8 cm³/mol. The van der Waals surface area contributed by atoms with Crippen molar-refractivity contribution in [1.82, 2.24) is 0 Å². The van der Waals surface area contributed by atoms with E-state index in [1.807, 2.05) is 0 Å². The van der Waals surface area contributed by atoms with Crippen LogP contribution in [-0.2, 0) is 4.79 Å². The fraction of sp³-hybridized carbons (Fsp3) is 0.278. The van der Waals surface area contributed by atoms with Crippen LogP contribution in [0.25, 0.3) is 0 Å². The first-order valence-corrected chi connectivity index (χ1v) is 8.27. The zero-order valence-electron chi connectivity index (χ0n) is 14.9. The second kappa shape index (κ2) is 7.81. The molecule has 1 aliphatic heterocycles. The van der Waals surface area contributed by atoms with E-state index in [0.29, 0.717) is 36.1 Å². The van der Waals surface area contributed by atoms with Crippen LogP contribution >= 0.6 is 0 Å². The van der Waals surface area contributed by atoms with E-state index in [1.54, 1.807) is 25.1 Å². The molecule has 9 nitrogen and oxygen atoms in total. The van der Waals surface area contributed by atoms with Crippen LogP contribution < -0.4 is 24.8 Å². The minimum atomic E-state index is -0.614. The van der Waals surface area contributed by atoms with Crippen LogP contribution in [0.1, 0.15) is 6.92 Å². The summed E-state index contributed by atoms with van der Waals surface area (Å²) in [6.45, 7) is 2.65. The highest BCUT2D eigenvalue weighted by Gasteiger charge is 2.19. The second-order valence-electron chi connectivity index (χ2n) is 5.86. The molecule has 0 fully saturated rings. The van der Waals surface area contributed by atoms with Gasteiger partial charge in [0.1, 0.15) is 25.0 Å². The summed E-state index contributed by atoms with van der Waals surface area (Å²) in [4.78, 5) is 22.9. The lowest BCUT2D eigenvalue weighted by Crippen LogP contribution is -2.32. The number of non-ortho nitro benzene ring substituents is 1. The number of amides is 1. The summed E-state index contributed by atoms with van der Waals surface area (Å²) in [5.74, 6) is 1.23. The highest BCUT2D eigenvalue weighted by Crippen LogP contribution is 2.33. The van der Waals surface area contributed by atoms with E-state index in [1.165, 1.54) is 25.3 Å². The van der Waals surface area contributed by atoms with Crippen molar-refractivity contribution in [2.45, 2.75) is 13.0 Å². The summed E-state index contributed by atoms with van der Waals surface area (Å²) in [7, 11) is 1.42. The molecule has 1 heterocycles. The number of nitro groups is 1. The molecule has 0 unspecified atom stereocenters. The molecule has 1 atom stereocenters. The summed E-state index contributed by atoms with van der Waals surface area (Å²) in [5, 5.41) is 16.7. The summed E-state index contributed by atoms with van der Waals surface area (Å²) >= 11 is 0. The molecule has 27 heavy (non-hydrogen) atoms. The van der Waals surface area contributed by atoms with Gasteiger partial charge in [-0.2, -0.15) is 0 Å². The number of hydrogen-bond acceptors (Lipinski definition) is 7. The number of benzene rings is 2. The Morgan fingerprint density at radius 1 is 1.19 bits per heavy atom. The third-order valence-electron chi connectivity index (χ3n) is 3.97. The Morgan fingerprint density at radius 2 is 1.93 bits per heavy atom. The lowest BCUT2D eigenvalue weighted by atomic mass is 10.2. The first-order valence-electron chi connectivity index (χ1n) is 8.27. The summed E-state index contributed by atoms with van der Waals surface area (Å²) in [6, 6.07) is 8.70. The van der Waals surface area contributed by atoms with Crippen LogP contribution in [0.4, 0.5) is 17.1 Å². The van der Waals surface area contributed by atoms with Crippen molar-refractivity contribution in [3.8, 4) is 17.2 Å². The highest BCUT2D eigenvalue weighted by molar-refractivity contribution is 5.97. The molecular weight excluding hydrogens is 354 g/mol. The Morgan fingerprint density at radius 3 is 2.63 bits per heavy atom. The lowest BCUT2D eigenvalue weighted by Gasteiger charge is -2.21. The summed E-state index contributed by atoms with van der Waals surface area (Å²) in [6.07, 6.45) is 0. The molecule has 1 amide bonds. The molecule has 0 bridgehead atoms. The zero-order valence-corrected chi connectivity index (χ0v) is 14.9. The Balaban J connectivity index is 1.71. The molecule has 0 saturated heterocycles. The van der Waals surface area contributed by atoms with E-state index < -0.39 is 11.0 Å². The van der Waals surface area contributed by atoms with E-state index >= 15 is 0 Å². The molecular formula is C18H19N3O6. The first-order chi connectivity index (χ1) is 13.0. The third-order valence-corrected chi connectivity index (χ3v) is 3.97. The maximum Gasteiger partial charge on any atom is 0.271 e. The number of ether oxygens (including phenoxy) is 3. The minimum Gasteiger partial charge on any atom is -0.495 e. The van der Waals surface area contributed by atoms with Crippen LogP contribution in [0.15, 0.2) is 36.4 Å². The van der Waals surface area contributed by atoms with Gasteiger partial charge in [0.25, 0.3) is 5.69 Å². The summed E-state index contributed by atoms with van der Waals surface area (Å²) in [5.41, 5.74) is 0.777. The largest absolute Gasteiger partial charge is 0.495 e. The van der Waals surface area contributed by atoms with Crippen LogP contribution in [0.2, 0.25) is 0 Å². The normalized spacial score (nSPS) is 13.4. The Labute approximate surface area is 155 Å². The van der Waals surface area contributed by atoms with Gasteiger partial charge >= 0.3 is 0 Å². The molecule has 0 spiro atoms. The molecule has 3 rings (SSSR count). The van der Waals surface area contributed by atoms with Gasteiger partial charge in [-0.25, -0.2) is 0 Å². The molecule has 9 heteroatoms. The number of fused-ring (bicyclic) bond motifs is 1. The lowest BCUT2D eigenvalue weighted by molar-refractivity contribution is -0.384. The Bertz CT molecular complexity index is 870. The topological polar surface area (TPSA) is 112 Å². The predicted octanol–water partition coefficient (Wildman–Crippen LogP) is 2.81. The van der Waals surface area contributed by atoms with E-state index in [4.69, 9.17) is 14.2 Å². The van der Waals surface area contributed by atoms with E-state index in [2.05, 4.69) is 10.6 Å². The van der Waals surface area contributed by atoms with Gasteiger partial charge in [0.2, 0.25) is 5.91 Å². The van der Waals surface area contributed by atoms with Gasteiger partial charge in [-0.15, -0.1) is 0 Å². The number of anilines is 2. The van der Waals surface area contributed by atoms with Crippen LogP contribution in [0.5, 0.6) is 17.2 Å². The van der Waals surface area contributed by atoms with Crippen LogP contribution in [0, 0.1) is 10.1 Å². The minimum absolute atomic E-state index is 0.140. The standard InChI is InChI=1S/C18H19N3O6/c1-11(19-12-3-5-16-17(9-12)27-8-7-26-16)18(22)20-14-10-13(21(23)24)4-6-15(14)25-2/h3-6,9-11,19H,7-8H2,1-2H3,(H,20,22)/t11-/m0/s1. The number of hydrogen-bond donors (Lipinski definition) is 2. The van der Waals surface area contributed by atoms with Gasteiger partial charge in [0, 0.05) is 23.9 Å². The van der Waals surface area contributed by atoms with E-state index in [-0.39, 0.29) is 17.3 Å². The third kappa shape index (κ3) is 4.20. The van der Waals surface area contributed by atoms with Crippen LogP contribution in [0.3, 0.4) is 0 Å². The molecule has 0 radical (unpaired) electrons. The molecule has 0 aromatic heterocycles. The second-order valence-corrected chi connectivity index (χ2v) is 5.86. The number of methoxy groups -OCH3 is 1. The molecule has 2 N–H and O–H groups in total. The van der Waals surface area contributed by atoms with Gasteiger partial charge in [-0.05, 0) is 25.1 Å². The first kappa shape index (κ1) is 18.3. The number of nitrogens with zero attached hydrogens (tertiary/aromatic N) is 1. The van der Waals surface area contributed by atoms with Crippen molar-refractivity contribution in [1.29, 1.82) is 0 Å². The average molecular weight is 373 g/mol. The van der Waals surface area contributed by atoms with Gasteiger partial charge in [-0.1, -0.05) is 0 Å².